The number of carbonyl (C=O) groups is 1. The van der Waals surface area contributed by atoms with Gasteiger partial charge in [-0.05, 0) is 55.5 Å². The maximum Gasteiger partial charge on any atom is 0.256 e. The number of methoxy groups -OCH3 is 4. The second kappa shape index (κ2) is 13.8. The lowest BCUT2D eigenvalue weighted by Gasteiger charge is -2.31. The van der Waals surface area contributed by atoms with Crippen molar-refractivity contribution in [2.24, 2.45) is 16.3 Å². The lowest BCUT2D eigenvalue weighted by atomic mass is 9.81. The van der Waals surface area contributed by atoms with Crippen molar-refractivity contribution in [1.82, 2.24) is 4.90 Å². The predicted molar refractivity (Wildman–Crippen MR) is 176 cm³/mol. The van der Waals surface area contributed by atoms with Crippen LogP contribution in [0.4, 0.5) is 5.69 Å². The second-order valence-corrected chi connectivity index (χ2v) is 12.4. The summed E-state index contributed by atoms with van der Waals surface area (Å²) in [6, 6.07) is 12.9. The second-order valence-electron chi connectivity index (χ2n) is 12.4. The first-order valence-corrected chi connectivity index (χ1v) is 15.5. The molecule has 2 unspecified atom stereocenters. The Morgan fingerprint density at radius 1 is 0.870 bits per heavy atom. The first kappa shape index (κ1) is 32.8. The largest absolute Gasteiger partial charge is 0.493 e. The highest BCUT2D eigenvalue weighted by Gasteiger charge is 2.33. The van der Waals surface area contributed by atoms with Gasteiger partial charge in [-0.25, -0.2) is 0 Å². The molecule has 46 heavy (non-hydrogen) atoms. The van der Waals surface area contributed by atoms with Gasteiger partial charge < -0.3 is 38.1 Å². The number of rotatable bonds is 13. The van der Waals surface area contributed by atoms with E-state index in [0.29, 0.717) is 64.7 Å². The number of aliphatic imine (C=N–C) groups is 1. The molecule has 1 saturated heterocycles. The van der Waals surface area contributed by atoms with Crippen LogP contribution >= 0.6 is 0 Å². The molecule has 0 radical (unpaired) electrons. The number of aryl methyl sites for hydroxylation is 1. The molecule has 2 aliphatic rings. The molecule has 0 aromatic heterocycles. The number of hydrogen-bond acceptors (Lipinski definition) is 9. The normalized spacial score (nSPS) is 16.2. The molecule has 1 fully saturated rings. The van der Waals surface area contributed by atoms with Crippen LogP contribution in [0.1, 0.15) is 49.5 Å². The predicted octanol–water partition coefficient (Wildman–Crippen LogP) is 7.26. The summed E-state index contributed by atoms with van der Waals surface area (Å²) in [4.78, 5) is 19.7. The zero-order chi connectivity index (χ0) is 33.0. The fraction of sp³-hybridized carbons (Fsp3) is 0.444. The quantitative estimate of drug-likeness (QED) is 0.194. The molecule has 0 N–H and O–H groups in total. The van der Waals surface area contributed by atoms with Gasteiger partial charge in [-0.3, -0.25) is 9.79 Å². The average molecular weight is 633 g/mol. The standard InChI is InChI=1S/C36H44N2O8/c1-22-14-25(11-12-29(22)46-26-15-32(41-6)34(43-8)33(16-26)42-7)45-21-36(3,4)23(2)20-44-31-18-28-27(17-30(31)40-5)35(39)38-13-9-10-24(38)19-37-28/h11-12,14-19,23-24H,9-10,13,20-21H2,1-8H3. The van der Waals surface area contributed by atoms with Gasteiger partial charge in [-0.1, -0.05) is 20.8 Å². The minimum atomic E-state index is -0.225. The highest BCUT2D eigenvalue weighted by atomic mass is 16.5. The van der Waals surface area contributed by atoms with Gasteiger partial charge in [0.2, 0.25) is 5.75 Å². The Hall–Kier alpha value is -4.60. The van der Waals surface area contributed by atoms with Gasteiger partial charge in [-0.2, -0.15) is 0 Å². The highest BCUT2D eigenvalue weighted by Crippen LogP contribution is 2.43. The van der Waals surface area contributed by atoms with Crippen molar-refractivity contribution in [2.45, 2.75) is 46.6 Å². The van der Waals surface area contributed by atoms with Crippen LogP contribution in [-0.2, 0) is 0 Å². The van der Waals surface area contributed by atoms with Crippen LogP contribution < -0.4 is 33.2 Å². The van der Waals surface area contributed by atoms with Gasteiger partial charge >= 0.3 is 0 Å². The van der Waals surface area contributed by atoms with Crippen molar-refractivity contribution in [3.63, 3.8) is 0 Å². The Balaban J connectivity index is 1.21. The van der Waals surface area contributed by atoms with Gasteiger partial charge in [0.05, 0.1) is 58.9 Å². The number of hydrogen-bond donors (Lipinski definition) is 0. The van der Waals surface area contributed by atoms with E-state index in [2.05, 4.69) is 25.8 Å². The summed E-state index contributed by atoms with van der Waals surface area (Å²) < 4.78 is 40.6. The van der Waals surface area contributed by atoms with E-state index < -0.39 is 0 Å². The first-order chi connectivity index (χ1) is 22.1. The zero-order valence-corrected chi connectivity index (χ0v) is 28.0. The van der Waals surface area contributed by atoms with E-state index >= 15 is 0 Å². The summed E-state index contributed by atoms with van der Waals surface area (Å²) in [6.45, 7) is 10.1. The van der Waals surface area contributed by atoms with Gasteiger partial charge in [0.25, 0.3) is 5.91 Å². The smallest absolute Gasteiger partial charge is 0.256 e. The van der Waals surface area contributed by atoms with Crippen molar-refractivity contribution >= 4 is 17.8 Å². The van der Waals surface area contributed by atoms with E-state index in [1.807, 2.05) is 42.3 Å². The summed E-state index contributed by atoms with van der Waals surface area (Å²) in [7, 11) is 6.29. The number of ether oxygens (including phenoxy) is 7. The highest BCUT2D eigenvalue weighted by molar-refractivity contribution is 6.03. The summed E-state index contributed by atoms with van der Waals surface area (Å²) in [5.41, 5.74) is 1.84. The number of amides is 1. The van der Waals surface area contributed by atoms with E-state index in [9.17, 15) is 4.79 Å². The molecule has 2 heterocycles. The Morgan fingerprint density at radius 3 is 2.24 bits per heavy atom. The third-order valence-electron chi connectivity index (χ3n) is 8.90. The molecule has 5 rings (SSSR count). The van der Waals surface area contributed by atoms with E-state index in [0.717, 1.165) is 30.7 Å². The van der Waals surface area contributed by atoms with Crippen LogP contribution in [-0.4, -0.2) is 71.3 Å². The van der Waals surface area contributed by atoms with E-state index in [1.165, 1.54) is 0 Å². The Morgan fingerprint density at radius 2 is 1.59 bits per heavy atom. The van der Waals surface area contributed by atoms with E-state index in [4.69, 9.17) is 33.2 Å². The van der Waals surface area contributed by atoms with Crippen molar-refractivity contribution in [2.75, 3.05) is 48.2 Å². The summed E-state index contributed by atoms with van der Waals surface area (Å²) >= 11 is 0. The third-order valence-corrected chi connectivity index (χ3v) is 8.90. The molecule has 246 valence electrons. The maximum absolute atomic E-state index is 13.2. The molecule has 1 amide bonds. The Kier molecular flexibility index (Phi) is 9.84. The fourth-order valence-electron chi connectivity index (χ4n) is 5.54. The number of carbonyl (C=O) groups excluding carboxylic acids is 1. The minimum absolute atomic E-state index is 0.0115. The Bertz CT molecular complexity index is 1580. The summed E-state index contributed by atoms with van der Waals surface area (Å²) in [6.07, 6.45) is 3.80. The van der Waals surface area contributed by atoms with Crippen molar-refractivity contribution < 1.29 is 38.0 Å². The molecule has 3 aromatic rings. The Labute approximate surface area is 271 Å². The molecule has 3 aromatic carbocycles. The fourth-order valence-corrected chi connectivity index (χ4v) is 5.54. The molecule has 2 aliphatic heterocycles. The first-order valence-electron chi connectivity index (χ1n) is 15.5. The molecule has 0 saturated carbocycles. The molecular weight excluding hydrogens is 588 g/mol. The van der Waals surface area contributed by atoms with Crippen LogP contribution in [0.2, 0.25) is 0 Å². The zero-order valence-electron chi connectivity index (χ0n) is 28.0. The van der Waals surface area contributed by atoms with Gasteiger partial charge in [0.15, 0.2) is 23.0 Å². The topological polar surface area (TPSA) is 97.3 Å². The lowest BCUT2D eigenvalue weighted by molar-refractivity contribution is 0.0774. The maximum atomic E-state index is 13.2. The van der Waals surface area contributed by atoms with Crippen molar-refractivity contribution in [1.29, 1.82) is 0 Å². The van der Waals surface area contributed by atoms with E-state index in [1.54, 1.807) is 46.6 Å². The third kappa shape index (κ3) is 6.80. The number of nitrogens with zero attached hydrogens (tertiary/aromatic N) is 2. The molecule has 10 nitrogen and oxygen atoms in total. The van der Waals surface area contributed by atoms with Crippen molar-refractivity contribution in [3.05, 3.63) is 53.6 Å². The van der Waals surface area contributed by atoms with Crippen LogP contribution in [0.25, 0.3) is 0 Å². The SMILES string of the molecule is COc1cc2c(cc1OCC(C)C(C)(C)COc1ccc(Oc3cc(OC)c(OC)c(OC)c3)c(C)c1)N=CC1CCCN1C2=O. The van der Waals surface area contributed by atoms with Crippen LogP contribution in [0, 0.1) is 18.3 Å². The number of fused-ring (bicyclic) bond motifs is 2. The molecule has 0 bridgehead atoms. The number of benzene rings is 3. The molecule has 2 atom stereocenters. The summed E-state index contributed by atoms with van der Waals surface area (Å²) in [5, 5.41) is 0. The van der Waals surface area contributed by atoms with Crippen LogP contribution in [0.3, 0.4) is 0 Å². The minimum Gasteiger partial charge on any atom is -0.493 e. The average Bonchev–Trinajstić information content (AvgIpc) is 3.49. The monoisotopic (exact) mass is 632 g/mol. The summed E-state index contributed by atoms with van der Waals surface area (Å²) in [5.74, 6) is 4.71. The van der Waals surface area contributed by atoms with E-state index in [-0.39, 0.29) is 23.3 Å². The van der Waals surface area contributed by atoms with Crippen LogP contribution in [0.15, 0.2) is 47.5 Å². The molecule has 0 aliphatic carbocycles. The molecule has 10 heteroatoms. The van der Waals surface area contributed by atoms with Crippen molar-refractivity contribution in [3.8, 4) is 46.0 Å². The van der Waals surface area contributed by atoms with Gasteiger partial charge in [-0.15, -0.1) is 0 Å². The lowest BCUT2D eigenvalue weighted by Crippen LogP contribution is -2.35. The molecule has 0 spiro atoms. The van der Waals surface area contributed by atoms with Gasteiger partial charge in [0.1, 0.15) is 17.2 Å². The van der Waals surface area contributed by atoms with Gasteiger partial charge in [0, 0.05) is 36.4 Å². The molecular formula is C36H44N2O8. The van der Waals surface area contributed by atoms with Crippen LogP contribution in [0.5, 0.6) is 46.0 Å².